The predicted octanol–water partition coefficient (Wildman–Crippen LogP) is 2.60. The van der Waals surface area contributed by atoms with Crippen LogP contribution in [-0.2, 0) is 0 Å². The lowest BCUT2D eigenvalue weighted by atomic mass is 10.3. The molecule has 0 saturated heterocycles. The summed E-state index contributed by atoms with van der Waals surface area (Å²) < 4.78 is 2.95. The van der Waals surface area contributed by atoms with Gasteiger partial charge in [-0.3, -0.25) is 0 Å². The molecule has 0 N–H and O–H groups in total. The molecule has 0 saturated carbocycles. The lowest BCUT2D eigenvalue weighted by Gasteiger charge is -1.89. The van der Waals surface area contributed by atoms with E-state index in [9.17, 15) is 0 Å². The van der Waals surface area contributed by atoms with Crippen LogP contribution in [0.4, 0.5) is 0 Å². The fourth-order valence-corrected chi connectivity index (χ4v) is 2.39. The monoisotopic (exact) mass is 209 g/mol. The lowest BCUT2D eigenvalue weighted by molar-refractivity contribution is 1.01. The van der Waals surface area contributed by atoms with Gasteiger partial charge in [0, 0.05) is 5.02 Å². The number of thiazole rings is 1. The number of fused-ring (bicyclic) bond motifs is 3. The first-order chi connectivity index (χ1) is 6.34. The smallest absolute Gasteiger partial charge is 0.206 e. The normalized spacial score (nSPS) is 11.5. The Morgan fingerprint density at radius 1 is 1.38 bits per heavy atom. The molecular weight excluding hydrogens is 206 g/mol. The van der Waals surface area contributed by atoms with Crippen molar-refractivity contribution in [2.24, 2.45) is 0 Å². The molecular formula is C8H4ClN3S. The Kier molecular flexibility index (Phi) is 1.36. The van der Waals surface area contributed by atoms with Crippen molar-refractivity contribution in [2.75, 3.05) is 0 Å². The maximum atomic E-state index is 5.89. The molecule has 3 aromatic rings. The Morgan fingerprint density at radius 3 is 3.23 bits per heavy atom. The van der Waals surface area contributed by atoms with Crippen LogP contribution in [0.1, 0.15) is 0 Å². The highest BCUT2D eigenvalue weighted by atomic mass is 35.5. The van der Waals surface area contributed by atoms with Gasteiger partial charge in [0.05, 0.1) is 10.2 Å². The average Bonchev–Trinajstić information content (AvgIpc) is 2.64. The summed E-state index contributed by atoms with van der Waals surface area (Å²) >= 11 is 7.49. The highest BCUT2D eigenvalue weighted by molar-refractivity contribution is 7.23. The number of benzene rings is 1. The molecule has 0 spiro atoms. The molecule has 0 fully saturated rings. The van der Waals surface area contributed by atoms with Crippen molar-refractivity contribution in [2.45, 2.75) is 0 Å². The van der Waals surface area contributed by atoms with Crippen LogP contribution in [-0.4, -0.2) is 14.6 Å². The number of aromatic nitrogens is 3. The van der Waals surface area contributed by atoms with Gasteiger partial charge in [0.2, 0.25) is 4.96 Å². The minimum Gasteiger partial charge on any atom is -0.206 e. The lowest BCUT2D eigenvalue weighted by Crippen LogP contribution is -1.80. The second-order valence-corrected chi connectivity index (χ2v) is 4.11. The van der Waals surface area contributed by atoms with Crippen molar-refractivity contribution in [3.63, 3.8) is 0 Å². The number of rotatable bonds is 0. The van der Waals surface area contributed by atoms with Gasteiger partial charge in [0.1, 0.15) is 6.33 Å². The van der Waals surface area contributed by atoms with E-state index in [2.05, 4.69) is 10.1 Å². The van der Waals surface area contributed by atoms with Crippen LogP contribution >= 0.6 is 22.9 Å². The maximum Gasteiger partial charge on any atom is 0.213 e. The van der Waals surface area contributed by atoms with Crippen molar-refractivity contribution < 1.29 is 0 Å². The average molecular weight is 210 g/mol. The highest BCUT2D eigenvalue weighted by Crippen LogP contribution is 2.26. The molecule has 5 heteroatoms. The summed E-state index contributed by atoms with van der Waals surface area (Å²) in [5.74, 6) is 0. The van der Waals surface area contributed by atoms with Crippen LogP contribution in [0.2, 0.25) is 5.02 Å². The molecule has 13 heavy (non-hydrogen) atoms. The van der Waals surface area contributed by atoms with E-state index >= 15 is 0 Å². The van der Waals surface area contributed by atoms with Crippen molar-refractivity contribution in [3.05, 3.63) is 29.5 Å². The first kappa shape index (κ1) is 7.29. The van der Waals surface area contributed by atoms with Gasteiger partial charge in [0.15, 0.2) is 0 Å². The summed E-state index contributed by atoms with van der Waals surface area (Å²) in [7, 11) is 0. The molecule has 0 aliphatic rings. The molecule has 0 atom stereocenters. The van der Waals surface area contributed by atoms with Crippen molar-refractivity contribution in [3.8, 4) is 0 Å². The topological polar surface area (TPSA) is 30.2 Å². The molecule has 0 radical (unpaired) electrons. The van der Waals surface area contributed by atoms with E-state index in [1.807, 2.05) is 18.2 Å². The SMILES string of the molecule is Clc1ccc2sc3ncnn3c2c1. The minimum atomic E-state index is 0.725. The first-order valence-electron chi connectivity index (χ1n) is 3.72. The summed E-state index contributed by atoms with van der Waals surface area (Å²) in [4.78, 5) is 5.01. The fraction of sp³-hybridized carbons (Fsp3) is 0. The van der Waals surface area contributed by atoms with Crippen LogP contribution < -0.4 is 0 Å². The van der Waals surface area contributed by atoms with Gasteiger partial charge in [0.25, 0.3) is 0 Å². The second kappa shape index (κ2) is 2.43. The van der Waals surface area contributed by atoms with Crippen LogP contribution in [0, 0.1) is 0 Å². The molecule has 64 valence electrons. The first-order valence-corrected chi connectivity index (χ1v) is 4.92. The van der Waals surface area contributed by atoms with Crippen molar-refractivity contribution >= 4 is 38.1 Å². The van der Waals surface area contributed by atoms with E-state index in [1.54, 1.807) is 22.2 Å². The van der Waals surface area contributed by atoms with Gasteiger partial charge < -0.3 is 0 Å². The van der Waals surface area contributed by atoms with E-state index in [-0.39, 0.29) is 0 Å². The molecule has 2 heterocycles. The summed E-state index contributed by atoms with van der Waals surface area (Å²) in [6.45, 7) is 0. The third-order valence-corrected chi connectivity index (χ3v) is 3.13. The zero-order chi connectivity index (χ0) is 8.84. The molecule has 3 nitrogen and oxygen atoms in total. The van der Waals surface area contributed by atoms with Crippen LogP contribution in [0.25, 0.3) is 15.2 Å². The molecule has 0 aliphatic heterocycles. The van der Waals surface area contributed by atoms with E-state index in [0.29, 0.717) is 0 Å². The largest absolute Gasteiger partial charge is 0.213 e. The Labute approximate surface area is 82.6 Å². The number of hydrogen-bond donors (Lipinski definition) is 0. The Morgan fingerprint density at radius 2 is 2.31 bits per heavy atom. The maximum absolute atomic E-state index is 5.89. The molecule has 3 rings (SSSR count). The van der Waals surface area contributed by atoms with Gasteiger partial charge in [-0.2, -0.15) is 5.10 Å². The molecule has 0 bridgehead atoms. The van der Waals surface area contributed by atoms with E-state index in [4.69, 9.17) is 11.6 Å². The van der Waals surface area contributed by atoms with Gasteiger partial charge in [-0.25, -0.2) is 9.50 Å². The van der Waals surface area contributed by atoms with E-state index < -0.39 is 0 Å². The third kappa shape index (κ3) is 0.959. The quantitative estimate of drug-likeness (QED) is 0.570. The second-order valence-electron chi connectivity index (χ2n) is 2.67. The molecule has 0 amide bonds. The van der Waals surface area contributed by atoms with Crippen LogP contribution in [0.3, 0.4) is 0 Å². The summed E-state index contributed by atoms with van der Waals surface area (Å²) in [6, 6.07) is 5.76. The summed E-state index contributed by atoms with van der Waals surface area (Å²) in [5, 5.41) is 4.83. The zero-order valence-electron chi connectivity index (χ0n) is 6.44. The van der Waals surface area contributed by atoms with Gasteiger partial charge in [-0.05, 0) is 18.2 Å². The zero-order valence-corrected chi connectivity index (χ0v) is 8.01. The molecule has 2 aromatic heterocycles. The Hall–Kier alpha value is -1.13. The summed E-state index contributed by atoms with van der Waals surface area (Å²) in [5.41, 5.74) is 1.02. The van der Waals surface area contributed by atoms with Gasteiger partial charge in [-0.1, -0.05) is 22.9 Å². The van der Waals surface area contributed by atoms with Crippen molar-refractivity contribution in [1.82, 2.24) is 14.6 Å². The van der Waals surface area contributed by atoms with Crippen molar-refractivity contribution in [1.29, 1.82) is 0 Å². The van der Waals surface area contributed by atoms with Gasteiger partial charge in [-0.15, -0.1) is 0 Å². The molecule has 1 aromatic carbocycles. The number of halogens is 1. The number of hydrogen-bond acceptors (Lipinski definition) is 3. The van der Waals surface area contributed by atoms with E-state index in [0.717, 1.165) is 20.2 Å². The Balaban J connectivity index is 2.61. The van der Waals surface area contributed by atoms with Crippen LogP contribution in [0.5, 0.6) is 0 Å². The predicted molar refractivity (Wildman–Crippen MR) is 53.4 cm³/mol. The van der Waals surface area contributed by atoms with E-state index in [1.165, 1.54) is 0 Å². The van der Waals surface area contributed by atoms with Crippen LogP contribution in [0.15, 0.2) is 24.5 Å². The fourth-order valence-electron chi connectivity index (χ4n) is 1.31. The summed E-state index contributed by atoms with van der Waals surface area (Å²) in [6.07, 6.45) is 1.55. The third-order valence-electron chi connectivity index (χ3n) is 1.87. The Bertz CT molecular complexity index is 583. The minimum absolute atomic E-state index is 0.725. The highest BCUT2D eigenvalue weighted by Gasteiger charge is 2.05. The molecule has 0 aliphatic carbocycles. The number of nitrogens with zero attached hydrogens (tertiary/aromatic N) is 3. The standard InChI is InChI=1S/C8H4ClN3S/c9-5-1-2-7-6(3-5)12-8(13-7)10-4-11-12/h1-4H. The molecule has 0 unspecified atom stereocenters. The van der Waals surface area contributed by atoms with Gasteiger partial charge >= 0.3 is 0 Å².